The highest BCUT2D eigenvalue weighted by Crippen LogP contribution is 2.13. The normalized spacial score (nSPS) is 10.9. The van der Waals surface area contributed by atoms with Gasteiger partial charge in [0.25, 0.3) is 17.2 Å². The number of hydrazone groups is 1. The number of benzene rings is 2. The molecule has 0 unspecified atom stereocenters. The van der Waals surface area contributed by atoms with Crippen LogP contribution in [0.2, 0.25) is 0 Å². The minimum Gasteiger partial charge on any atom is -0.321 e. The van der Waals surface area contributed by atoms with Crippen molar-refractivity contribution in [2.75, 3.05) is 0 Å². The highest BCUT2D eigenvalue weighted by molar-refractivity contribution is 5.95. The maximum Gasteiger partial charge on any atom is 0.271 e. The van der Waals surface area contributed by atoms with Gasteiger partial charge in [0.2, 0.25) is 0 Å². The topological polar surface area (TPSA) is 117 Å². The van der Waals surface area contributed by atoms with Gasteiger partial charge in [-0.05, 0) is 23.6 Å². The molecular weight excluding hydrogens is 324 g/mol. The summed E-state index contributed by atoms with van der Waals surface area (Å²) < 4.78 is 0. The summed E-state index contributed by atoms with van der Waals surface area (Å²) in [5, 5.41) is 15.3. The molecule has 8 heteroatoms. The Balaban J connectivity index is 1.78. The van der Waals surface area contributed by atoms with Crippen LogP contribution in [-0.4, -0.2) is 22.0 Å². The number of nitrogens with zero attached hydrogens (tertiary/aromatic N) is 2. The van der Waals surface area contributed by atoms with Crippen LogP contribution >= 0.6 is 0 Å². The molecule has 2 aromatic carbocycles. The number of aromatic nitrogens is 1. The second kappa shape index (κ2) is 6.75. The minimum atomic E-state index is -0.614. The van der Waals surface area contributed by atoms with E-state index in [-0.39, 0.29) is 22.4 Å². The number of carbonyl (C=O) groups is 1. The maximum atomic E-state index is 12.0. The maximum absolute atomic E-state index is 12.0. The van der Waals surface area contributed by atoms with Crippen LogP contribution in [-0.2, 0) is 0 Å². The fourth-order valence-corrected chi connectivity index (χ4v) is 2.25. The smallest absolute Gasteiger partial charge is 0.271 e. The molecule has 0 spiro atoms. The lowest BCUT2D eigenvalue weighted by atomic mass is 10.2. The molecule has 0 bridgehead atoms. The minimum absolute atomic E-state index is 0.0961. The SMILES string of the molecule is O=C(NN=Cc1cc2ccccc2[nH]c1=O)c1cccc([N+](=O)[O-])c1. The van der Waals surface area contributed by atoms with Crippen LogP contribution in [0.1, 0.15) is 15.9 Å². The largest absolute Gasteiger partial charge is 0.321 e. The summed E-state index contributed by atoms with van der Waals surface area (Å²) in [7, 11) is 0. The highest BCUT2D eigenvalue weighted by atomic mass is 16.6. The number of para-hydroxylation sites is 1. The van der Waals surface area contributed by atoms with Crippen molar-refractivity contribution >= 4 is 28.7 Å². The Morgan fingerprint density at radius 1 is 1.16 bits per heavy atom. The second-order valence-corrected chi connectivity index (χ2v) is 5.15. The fraction of sp³-hybridized carbons (Fsp3) is 0. The van der Waals surface area contributed by atoms with Crippen molar-refractivity contribution in [3.8, 4) is 0 Å². The van der Waals surface area contributed by atoms with Gasteiger partial charge in [0.1, 0.15) is 0 Å². The first kappa shape index (κ1) is 16.1. The third-order valence-electron chi connectivity index (χ3n) is 3.47. The number of pyridine rings is 1. The molecule has 0 aliphatic heterocycles. The zero-order chi connectivity index (χ0) is 17.8. The molecule has 0 saturated carbocycles. The van der Waals surface area contributed by atoms with Crippen LogP contribution in [0.25, 0.3) is 10.9 Å². The summed E-state index contributed by atoms with van der Waals surface area (Å²) in [6.45, 7) is 0. The van der Waals surface area contributed by atoms with Crippen LogP contribution in [0.15, 0.2) is 64.5 Å². The number of non-ortho nitro benzene ring substituents is 1. The van der Waals surface area contributed by atoms with Gasteiger partial charge < -0.3 is 4.98 Å². The number of rotatable bonds is 4. The zero-order valence-corrected chi connectivity index (χ0v) is 12.8. The molecular formula is C17H12N4O4. The number of hydrogen-bond donors (Lipinski definition) is 2. The van der Waals surface area contributed by atoms with Crippen LogP contribution in [0, 0.1) is 10.1 Å². The van der Waals surface area contributed by atoms with Gasteiger partial charge in [-0.25, -0.2) is 5.43 Å². The third kappa shape index (κ3) is 3.58. The lowest BCUT2D eigenvalue weighted by Gasteiger charge is -2.01. The Hall–Kier alpha value is -3.81. The number of carbonyl (C=O) groups excluding carboxylic acids is 1. The molecule has 0 fully saturated rings. The number of nitro groups is 1. The van der Waals surface area contributed by atoms with Gasteiger partial charge in [-0.2, -0.15) is 5.10 Å². The average molecular weight is 336 g/mol. The lowest BCUT2D eigenvalue weighted by Crippen LogP contribution is -2.19. The van der Waals surface area contributed by atoms with Gasteiger partial charge in [0.05, 0.1) is 16.7 Å². The van der Waals surface area contributed by atoms with Crippen molar-refractivity contribution in [3.05, 3.63) is 86.2 Å². The van der Waals surface area contributed by atoms with E-state index in [1.165, 1.54) is 24.4 Å². The van der Waals surface area contributed by atoms with Gasteiger partial charge in [-0.15, -0.1) is 0 Å². The van der Waals surface area contributed by atoms with Crippen molar-refractivity contribution < 1.29 is 9.72 Å². The first-order valence-electron chi connectivity index (χ1n) is 7.24. The fourth-order valence-electron chi connectivity index (χ4n) is 2.25. The van der Waals surface area contributed by atoms with Crippen molar-refractivity contribution in [1.82, 2.24) is 10.4 Å². The molecule has 3 aromatic rings. The standard InChI is InChI=1S/C17H12N4O4/c22-16-13(8-11-4-1-2-7-15(11)19-16)10-18-20-17(23)12-5-3-6-14(9-12)21(24)25/h1-10H,(H,19,22)(H,20,23). The quantitative estimate of drug-likeness (QED) is 0.431. The summed E-state index contributed by atoms with van der Waals surface area (Å²) in [5.41, 5.74) is 2.78. The van der Waals surface area contributed by atoms with Gasteiger partial charge in [0, 0.05) is 23.2 Å². The molecule has 0 saturated heterocycles. The van der Waals surface area contributed by atoms with E-state index in [1.54, 1.807) is 12.1 Å². The predicted octanol–water partition coefficient (Wildman–Crippen LogP) is 2.20. The van der Waals surface area contributed by atoms with E-state index in [0.717, 1.165) is 11.5 Å². The average Bonchev–Trinajstić information content (AvgIpc) is 2.62. The van der Waals surface area contributed by atoms with E-state index in [2.05, 4.69) is 15.5 Å². The van der Waals surface area contributed by atoms with E-state index in [0.29, 0.717) is 5.52 Å². The summed E-state index contributed by atoms with van der Waals surface area (Å²) in [6, 6.07) is 14.2. The molecule has 124 valence electrons. The Kier molecular flexibility index (Phi) is 4.34. The molecule has 2 N–H and O–H groups in total. The molecule has 3 rings (SSSR count). The van der Waals surface area contributed by atoms with Crippen molar-refractivity contribution in [3.63, 3.8) is 0 Å². The number of fused-ring (bicyclic) bond motifs is 1. The van der Waals surface area contributed by atoms with Gasteiger partial charge in [0.15, 0.2) is 0 Å². The molecule has 0 radical (unpaired) electrons. The summed E-state index contributed by atoms with van der Waals surface area (Å²) in [6.07, 6.45) is 1.22. The van der Waals surface area contributed by atoms with Crippen LogP contribution in [0.4, 0.5) is 5.69 Å². The zero-order valence-electron chi connectivity index (χ0n) is 12.8. The highest BCUT2D eigenvalue weighted by Gasteiger charge is 2.10. The summed E-state index contributed by atoms with van der Waals surface area (Å²) >= 11 is 0. The Morgan fingerprint density at radius 3 is 2.76 bits per heavy atom. The number of H-pyrrole nitrogens is 1. The first-order chi connectivity index (χ1) is 12.0. The molecule has 1 aromatic heterocycles. The first-order valence-corrected chi connectivity index (χ1v) is 7.24. The van der Waals surface area contributed by atoms with Gasteiger partial charge >= 0.3 is 0 Å². The molecule has 25 heavy (non-hydrogen) atoms. The van der Waals surface area contributed by atoms with Gasteiger partial charge in [-0.1, -0.05) is 24.3 Å². The second-order valence-electron chi connectivity index (χ2n) is 5.15. The van der Waals surface area contributed by atoms with Crippen molar-refractivity contribution in [1.29, 1.82) is 0 Å². The molecule has 0 aliphatic rings. The van der Waals surface area contributed by atoms with E-state index >= 15 is 0 Å². The Bertz CT molecular complexity index is 1060. The number of nitrogens with one attached hydrogen (secondary N) is 2. The monoisotopic (exact) mass is 336 g/mol. The van der Waals surface area contributed by atoms with Crippen LogP contribution in [0.5, 0.6) is 0 Å². The van der Waals surface area contributed by atoms with Gasteiger partial charge in [-0.3, -0.25) is 19.7 Å². The Morgan fingerprint density at radius 2 is 1.96 bits per heavy atom. The van der Waals surface area contributed by atoms with Crippen molar-refractivity contribution in [2.45, 2.75) is 0 Å². The molecule has 0 aliphatic carbocycles. The van der Waals surface area contributed by atoms with Crippen LogP contribution in [0.3, 0.4) is 0 Å². The van der Waals surface area contributed by atoms with E-state index in [9.17, 15) is 19.7 Å². The number of aromatic amines is 1. The molecule has 1 amide bonds. The van der Waals surface area contributed by atoms with E-state index in [1.807, 2.05) is 18.2 Å². The molecule has 1 heterocycles. The number of amides is 1. The van der Waals surface area contributed by atoms with E-state index in [4.69, 9.17) is 0 Å². The summed E-state index contributed by atoms with van der Waals surface area (Å²) in [4.78, 5) is 36.8. The lowest BCUT2D eigenvalue weighted by molar-refractivity contribution is -0.384. The number of hydrogen-bond acceptors (Lipinski definition) is 5. The van der Waals surface area contributed by atoms with Crippen LogP contribution < -0.4 is 11.0 Å². The Labute approximate surface area is 141 Å². The molecule has 0 atom stereocenters. The molecule has 8 nitrogen and oxygen atoms in total. The summed E-state index contributed by atoms with van der Waals surface area (Å²) in [5.74, 6) is -0.614. The number of nitro benzene ring substituents is 1. The predicted molar refractivity (Wildman–Crippen MR) is 92.7 cm³/mol. The van der Waals surface area contributed by atoms with E-state index < -0.39 is 10.8 Å². The van der Waals surface area contributed by atoms with Crippen molar-refractivity contribution in [2.24, 2.45) is 5.10 Å². The third-order valence-corrected chi connectivity index (χ3v) is 3.47.